The lowest BCUT2D eigenvalue weighted by Crippen LogP contribution is -2.29. The molecule has 3 N–H and O–H groups in total. The van der Waals surface area contributed by atoms with Crippen molar-refractivity contribution in [3.63, 3.8) is 0 Å². The SMILES string of the molecule is Cc1ccnc(Nc2cc(NCCNS(=O)(=O)c3ccc4c(c3)CCO4)ncn2)c1. The maximum absolute atomic E-state index is 12.5. The molecule has 0 amide bonds. The minimum atomic E-state index is -3.59. The first kappa shape index (κ1) is 20.0. The lowest BCUT2D eigenvalue weighted by Gasteiger charge is -2.10. The van der Waals surface area contributed by atoms with Crippen LogP contribution in [0.4, 0.5) is 17.5 Å². The molecule has 3 heterocycles. The molecule has 3 aromatic rings. The highest BCUT2D eigenvalue weighted by Gasteiger charge is 2.18. The zero-order valence-corrected chi connectivity index (χ0v) is 17.2. The quantitative estimate of drug-likeness (QED) is 0.470. The number of sulfonamides is 1. The Morgan fingerprint density at radius 1 is 1.00 bits per heavy atom. The van der Waals surface area contributed by atoms with Crippen LogP contribution in [0.15, 0.2) is 53.8 Å². The molecule has 0 saturated heterocycles. The predicted molar refractivity (Wildman–Crippen MR) is 114 cm³/mol. The molecule has 0 unspecified atom stereocenters. The van der Waals surface area contributed by atoms with Crippen molar-refractivity contribution in [2.24, 2.45) is 0 Å². The summed E-state index contributed by atoms with van der Waals surface area (Å²) in [6.07, 6.45) is 3.87. The molecule has 0 radical (unpaired) electrons. The maximum Gasteiger partial charge on any atom is 0.240 e. The number of pyridine rings is 1. The standard InChI is InChI=1S/C20H22N6O3S/c1-14-4-6-21-19(10-14)26-20-12-18(23-13-24-20)22-7-8-25-30(27,28)16-2-3-17-15(11-16)5-9-29-17/h2-4,6,10-13,25H,5,7-9H2,1H3,(H2,21,22,23,24,26). The Morgan fingerprint density at radius 3 is 2.70 bits per heavy atom. The van der Waals surface area contributed by atoms with Crippen LogP contribution in [0, 0.1) is 6.92 Å². The van der Waals surface area contributed by atoms with E-state index in [9.17, 15) is 8.42 Å². The third-order valence-electron chi connectivity index (χ3n) is 4.53. The molecule has 9 nitrogen and oxygen atoms in total. The van der Waals surface area contributed by atoms with Gasteiger partial charge >= 0.3 is 0 Å². The molecule has 1 aliphatic rings. The highest BCUT2D eigenvalue weighted by atomic mass is 32.2. The first-order valence-electron chi connectivity index (χ1n) is 9.51. The molecule has 0 aliphatic carbocycles. The smallest absolute Gasteiger partial charge is 0.240 e. The van der Waals surface area contributed by atoms with E-state index in [0.717, 1.165) is 23.3 Å². The number of fused-ring (bicyclic) bond motifs is 1. The number of ether oxygens (including phenoxy) is 1. The molecule has 0 saturated carbocycles. The molecule has 0 atom stereocenters. The summed E-state index contributed by atoms with van der Waals surface area (Å²) < 4.78 is 33.0. The molecule has 0 fully saturated rings. The Balaban J connectivity index is 1.31. The van der Waals surface area contributed by atoms with Crippen molar-refractivity contribution in [2.75, 3.05) is 30.3 Å². The van der Waals surface area contributed by atoms with Gasteiger partial charge in [0.25, 0.3) is 0 Å². The minimum Gasteiger partial charge on any atom is -0.493 e. The number of nitrogens with one attached hydrogen (secondary N) is 3. The Hall–Kier alpha value is -3.24. The molecule has 2 aromatic heterocycles. The van der Waals surface area contributed by atoms with Gasteiger partial charge in [-0.3, -0.25) is 0 Å². The topological polar surface area (TPSA) is 118 Å². The van der Waals surface area contributed by atoms with E-state index < -0.39 is 10.0 Å². The fourth-order valence-electron chi connectivity index (χ4n) is 3.05. The molecular weight excluding hydrogens is 404 g/mol. The van der Waals surface area contributed by atoms with E-state index in [1.165, 1.54) is 6.33 Å². The zero-order valence-electron chi connectivity index (χ0n) is 16.4. The van der Waals surface area contributed by atoms with Gasteiger partial charge in [0.05, 0.1) is 11.5 Å². The zero-order chi connectivity index (χ0) is 21.0. The average molecular weight is 427 g/mol. The lowest BCUT2D eigenvalue weighted by molar-refractivity contribution is 0.356. The van der Waals surface area contributed by atoms with Crippen molar-refractivity contribution < 1.29 is 13.2 Å². The minimum absolute atomic E-state index is 0.210. The van der Waals surface area contributed by atoms with Gasteiger partial charge in [0.15, 0.2) is 0 Å². The second-order valence-electron chi connectivity index (χ2n) is 6.82. The predicted octanol–water partition coefficient (Wildman–Crippen LogP) is 2.25. The molecule has 30 heavy (non-hydrogen) atoms. The van der Waals surface area contributed by atoms with Gasteiger partial charge < -0.3 is 15.4 Å². The summed E-state index contributed by atoms with van der Waals surface area (Å²) >= 11 is 0. The fourth-order valence-corrected chi connectivity index (χ4v) is 4.13. The van der Waals surface area contributed by atoms with Gasteiger partial charge in [-0.2, -0.15) is 0 Å². The van der Waals surface area contributed by atoms with E-state index in [1.807, 2.05) is 19.1 Å². The number of benzene rings is 1. The van der Waals surface area contributed by atoms with Crippen LogP contribution in [-0.4, -0.2) is 43.1 Å². The van der Waals surface area contributed by atoms with Gasteiger partial charge in [0.2, 0.25) is 10.0 Å². The van der Waals surface area contributed by atoms with Crippen molar-refractivity contribution in [1.82, 2.24) is 19.7 Å². The highest BCUT2D eigenvalue weighted by Crippen LogP contribution is 2.27. The monoisotopic (exact) mass is 426 g/mol. The van der Waals surface area contributed by atoms with Crippen molar-refractivity contribution in [3.8, 4) is 5.75 Å². The van der Waals surface area contributed by atoms with Crippen LogP contribution in [0.3, 0.4) is 0 Å². The molecule has 0 bridgehead atoms. The summed E-state index contributed by atoms with van der Waals surface area (Å²) in [7, 11) is -3.59. The number of nitrogens with zero attached hydrogens (tertiary/aromatic N) is 3. The first-order chi connectivity index (χ1) is 14.5. The van der Waals surface area contributed by atoms with E-state index in [2.05, 4.69) is 30.3 Å². The summed E-state index contributed by atoms with van der Waals surface area (Å²) in [5.74, 6) is 2.61. The second kappa shape index (κ2) is 8.64. The van der Waals surface area contributed by atoms with E-state index in [4.69, 9.17) is 4.74 Å². The van der Waals surface area contributed by atoms with Crippen LogP contribution in [0.5, 0.6) is 5.75 Å². The Labute approximate surface area is 175 Å². The molecule has 4 rings (SSSR count). The summed E-state index contributed by atoms with van der Waals surface area (Å²) in [5.41, 5.74) is 2.00. The van der Waals surface area contributed by atoms with Crippen LogP contribution in [0.1, 0.15) is 11.1 Å². The number of rotatable bonds is 8. The Morgan fingerprint density at radius 2 is 1.83 bits per heavy atom. The first-order valence-corrected chi connectivity index (χ1v) is 11.0. The van der Waals surface area contributed by atoms with E-state index in [1.54, 1.807) is 30.5 Å². The number of aryl methyl sites for hydroxylation is 1. The Kier molecular flexibility index (Phi) is 5.77. The van der Waals surface area contributed by atoms with Crippen molar-refractivity contribution in [1.29, 1.82) is 0 Å². The van der Waals surface area contributed by atoms with Crippen molar-refractivity contribution >= 4 is 27.5 Å². The molecule has 1 aliphatic heterocycles. The van der Waals surface area contributed by atoms with Gasteiger partial charge in [-0.1, -0.05) is 0 Å². The van der Waals surface area contributed by atoms with Gasteiger partial charge in [0.1, 0.15) is 29.5 Å². The Bertz CT molecular complexity index is 1150. The van der Waals surface area contributed by atoms with E-state index in [-0.39, 0.29) is 11.4 Å². The summed E-state index contributed by atoms with van der Waals surface area (Å²) in [6.45, 7) is 3.15. The molecule has 1 aromatic carbocycles. The summed E-state index contributed by atoms with van der Waals surface area (Å²) in [4.78, 5) is 12.8. The third kappa shape index (κ3) is 4.84. The highest BCUT2D eigenvalue weighted by molar-refractivity contribution is 7.89. The molecule has 156 valence electrons. The lowest BCUT2D eigenvalue weighted by atomic mass is 10.2. The molecule has 10 heteroatoms. The number of anilines is 3. The van der Waals surface area contributed by atoms with Crippen LogP contribution >= 0.6 is 0 Å². The van der Waals surface area contributed by atoms with Crippen molar-refractivity contribution in [3.05, 3.63) is 60.0 Å². The van der Waals surface area contributed by atoms with Crippen LogP contribution in [-0.2, 0) is 16.4 Å². The third-order valence-corrected chi connectivity index (χ3v) is 5.99. The molecule has 0 spiro atoms. The van der Waals surface area contributed by atoms with Crippen LogP contribution in [0.2, 0.25) is 0 Å². The van der Waals surface area contributed by atoms with Gasteiger partial charge in [-0.25, -0.2) is 28.1 Å². The van der Waals surface area contributed by atoms with Crippen LogP contribution < -0.4 is 20.1 Å². The fraction of sp³-hybridized carbons (Fsp3) is 0.250. The van der Waals surface area contributed by atoms with Crippen molar-refractivity contribution in [2.45, 2.75) is 18.2 Å². The average Bonchev–Trinajstić information content (AvgIpc) is 3.20. The second-order valence-corrected chi connectivity index (χ2v) is 8.59. The summed E-state index contributed by atoms with van der Waals surface area (Å²) in [5, 5.41) is 6.21. The normalized spacial score (nSPS) is 12.8. The number of aromatic nitrogens is 3. The number of hydrogen-bond acceptors (Lipinski definition) is 8. The van der Waals surface area contributed by atoms with E-state index in [0.29, 0.717) is 30.6 Å². The number of hydrogen-bond donors (Lipinski definition) is 3. The van der Waals surface area contributed by atoms with Gasteiger partial charge in [-0.05, 0) is 48.4 Å². The maximum atomic E-state index is 12.5. The van der Waals surface area contributed by atoms with Gasteiger partial charge in [0, 0.05) is 31.8 Å². The molecular formula is C20H22N6O3S. The van der Waals surface area contributed by atoms with Crippen LogP contribution in [0.25, 0.3) is 0 Å². The van der Waals surface area contributed by atoms with Gasteiger partial charge in [-0.15, -0.1) is 0 Å². The van der Waals surface area contributed by atoms with E-state index >= 15 is 0 Å². The largest absolute Gasteiger partial charge is 0.493 e. The summed E-state index contributed by atoms with van der Waals surface area (Å²) in [6, 6.07) is 10.5.